The van der Waals surface area contributed by atoms with Crippen molar-refractivity contribution in [2.75, 3.05) is 12.4 Å². The Hall–Kier alpha value is -2.86. The molecule has 1 heterocycles. The van der Waals surface area contributed by atoms with E-state index in [0.717, 1.165) is 20.8 Å². The van der Waals surface area contributed by atoms with Gasteiger partial charge in [0.1, 0.15) is 10.8 Å². The van der Waals surface area contributed by atoms with Crippen molar-refractivity contribution in [3.63, 3.8) is 0 Å². The Kier molecular flexibility index (Phi) is 6.04. The summed E-state index contributed by atoms with van der Waals surface area (Å²) in [4.78, 5) is 17.3. The Labute approximate surface area is 187 Å². The van der Waals surface area contributed by atoms with Crippen LogP contribution in [0.3, 0.4) is 0 Å². The van der Waals surface area contributed by atoms with Gasteiger partial charge in [-0.15, -0.1) is 11.3 Å². The number of nitrogens with one attached hydrogen (secondary N) is 1. The minimum Gasteiger partial charge on any atom is -0.495 e. The number of ether oxygens (including phenoxy) is 1. The number of fused-ring (bicyclic) bond motifs is 1. The fraction of sp³-hybridized carbons (Fsp3) is 0.0435. The Morgan fingerprint density at radius 1 is 1.10 bits per heavy atom. The highest BCUT2D eigenvalue weighted by Crippen LogP contribution is 2.35. The van der Waals surface area contributed by atoms with Crippen LogP contribution in [0.4, 0.5) is 5.69 Å². The molecule has 4 nitrogen and oxygen atoms in total. The Morgan fingerprint density at radius 3 is 2.67 bits per heavy atom. The zero-order valence-corrected chi connectivity index (χ0v) is 18.2. The minimum atomic E-state index is -0.290. The van der Waals surface area contributed by atoms with E-state index in [1.54, 1.807) is 29.5 Å². The monoisotopic (exact) mass is 454 g/mol. The number of rotatable bonds is 5. The summed E-state index contributed by atoms with van der Waals surface area (Å²) in [7, 11) is 1.51. The van der Waals surface area contributed by atoms with Crippen molar-refractivity contribution in [1.82, 2.24) is 4.98 Å². The number of methoxy groups -OCH3 is 1. The number of anilines is 1. The fourth-order valence-corrected chi connectivity index (χ4v) is 4.62. The molecule has 1 amide bonds. The highest BCUT2D eigenvalue weighted by atomic mass is 35.5. The lowest BCUT2D eigenvalue weighted by atomic mass is 10.1. The normalized spacial score (nSPS) is 11.2. The van der Waals surface area contributed by atoms with Gasteiger partial charge in [0.15, 0.2) is 0 Å². The molecule has 30 heavy (non-hydrogen) atoms. The van der Waals surface area contributed by atoms with Gasteiger partial charge in [0.05, 0.1) is 28.0 Å². The van der Waals surface area contributed by atoms with E-state index in [9.17, 15) is 4.79 Å². The molecule has 7 heteroatoms. The molecule has 0 unspecified atom stereocenters. The Morgan fingerprint density at radius 2 is 1.87 bits per heavy atom. The molecule has 0 aliphatic heterocycles. The smallest absolute Gasteiger partial charge is 0.248 e. The first-order chi connectivity index (χ1) is 14.5. The van der Waals surface area contributed by atoms with E-state index in [1.165, 1.54) is 13.2 Å². The molecule has 0 atom stereocenters. The maximum absolute atomic E-state index is 12.6. The molecule has 1 N–H and O–H groups in total. The van der Waals surface area contributed by atoms with Crippen molar-refractivity contribution in [3.8, 4) is 16.3 Å². The van der Waals surface area contributed by atoms with Crippen molar-refractivity contribution in [3.05, 3.63) is 82.3 Å². The molecule has 0 aliphatic carbocycles. The summed E-state index contributed by atoms with van der Waals surface area (Å²) in [6, 6.07) is 18.8. The number of hydrogen-bond acceptors (Lipinski definition) is 4. The van der Waals surface area contributed by atoms with E-state index in [-0.39, 0.29) is 5.91 Å². The van der Waals surface area contributed by atoms with Gasteiger partial charge in [0, 0.05) is 22.2 Å². The second-order valence-electron chi connectivity index (χ2n) is 6.36. The van der Waals surface area contributed by atoms with Gasteiger partial charge in [-0.25, -0.2) is 4.98 Å². The first-order valence-electron chi connectivity index (χ1n) is 9.02. The summed E-state index contributed by atoms with van der Waals surface area (Å²) in [5.74, 6) is 0.168. The number of aromatic nitrogens is 1. The fourth-order valence-electron chi connectivity index (χ4n) is 3.03. The molecule has 0 aliphatic rings. The quantitative estimate of drug-likeness (QED) is 0.332. The van der Waals surface area contributed by atoms with Crippen molar-refractivity contribution < 1.29 is 9.53 Å². The van der Waals surface area contributed by atoms with Crippen LogP contribution >= 0.6 is 34.5 Å². The molecule has 3 aromatic carbocycles. The first kappa shape index (κ1) is 20.4. The van der Waals surface area contributed by atoms with Gasteiger partial charge in [-0.05, 0) is 42.5 Å². The number of benzene rings is 3. The van der Waals surface area contributed by atoms with Crippen molar-refractivity contribution in [2.24, 2.45) is 0 Å². The highest BCUT2D eigenvalue weighted by Gasteiger charge is 2.12. The van der Waals surface area contributed by atoms with E-state index in [2.05, 4.69) is 10.3 Å². The second kappa shape index (κ2) is 8.88. The maximum atomic E-state index is 12.6. The van der Waals surface area contributed by atoms with Crippen LogP contribution in [0, 0.1) is 0 Å². The number of thiazole rings is 1. The van der Waals surface area contributed by atoms with Crippen LogP contribution in [0.25, 0.3) is 26.9 Å². The van der Waals surface area contributed by atoms with Crippen molar-refractivity contribution in [1.29, 1.82) is 0 Å². The number of carbonyl (C=O) groups excluding carboxylic acids is 1. The summed E-state index contributed by atoms with van der Waals surface area (Å²) in [5, 5.41) is 4.61. The van der Waals surface area contributed by atoms with Crippen LogP contribution < -0.4 is 10.1 Å². The molecule has 4 rings (SSSR count). The predicted molar refractivity (Wildman–Crippen MR) is 126 cm³/mol. The van der Waals surface area contributed by atoms with Gasteiger partial charge in [0.25, 0.3) is 0 Å². The zero-order valence-electron chi connectivity index (χ0n) is 15.9. The first-order valence-corrected chi connectivity index (χ1v) is 10.6. The molecule has 4 aromatic rings. The number of hydrogen-bond donors (Lipinski definition) is 1. The molecule has 0 radical (unpaired) electrons. The van der Waals surface area contributed by atoms with E-state index in [4.69, 9.17) is 27.9 Å². The Balaban J connectivity index is 1.60. The maximum Gasteiger partial charge on any atom is 0.248 e. The number of para-hydroxylation sites is 2. The van der Waals surface area contributed by atoms with Crippen LogP contribution in [0.15, 0.2) is 66.7 Å². The molecule has 0 saturated carbocycles. The van der Waals surface area contributed by atoms with Crippen molar-refractivity contribution in [2.45, 2.75) is 0 Å². The SMILES string of the molecule is COc1c(Cl)cc(Cl)cc1/C=C/C(=O)Nc1ccccc1-c1nc2ccccc2s1. The third kappa shape index (κ3) is 4.33. The average molecular weight is 455 g/mol. The topological polar surface area (TPSA) is 51.2 Å². The lowest BCUT2D eigenvalue weighted by Gasteiger charge is -2.09. The van der Waals surface area contributed by atoms with Gasteiger partial charge < -0.3 is 10.1 Å². The standard InChI is InChI=1S/C23H16Cl2N2O2S/c1-29-22-14(12-15(24)13-17(22)25)10-11-21(28)26-18-7-3-2-6-16(18)23-27-19-8-4-5-9-20(19)30-23/h2-13H,1H3,(H,26,28)/b11-10+. The van der Waals surface area contributed by atoms with E-state index < -0.39 is 0 Å². The van der Waals surface area contributed by atoms with Crippen LogP contribution in [0.2, 0.25) is 10.0 Å². The minimum absolute atomic E-state index is 0.290. The summed E-state index contributed by atoms with van der Waals surface area (Å²) < 4.78 is 6.40. The van der Waals surface area contributed by atoms with Gasteiger partial charge >= 0.3 is 0 Å². The summed E-state index contributed by atoms with van der Waals surface area (Å²) in [5.41, 5.74) is 3.10. The van der Waals surface area contributed by atoms with Gasteiger partial charge in [-0.3, -0.25) is 4.79 Å². The number of amides is 1. The van der Waals surface area contributed by atoms with E-state index in [0.29, 0.717) is 27.0 Å². The third-order valence-electron chi connectivity index (χ3n) is 4.36. The summed E-state index contributed by atoms with van der Waals surface area (Å²) in [6.45, 7) is 0. The van der Waals surface area contributed by atoms with E-state index >= 15 is 0 Å². The zero-order chi connectivity index (χ0) is 21.1. The number of carbonyl (C=O) groups is 1. The molecule has 0 saturated heterocycles. The van der Waals surface area contributed by atoms with E-state index in [1.807, 2.05) is 48.5 Å². The molecule has 0 bridgehead atoms. The number of nitrogens with zero attached hydrogens (tertiary/aromatic N) is 1. The Bertz CT molecular complexity index is 1230. The lowest BCUT2D eigenvalue weighted by molar-refractivity contribution is -0.111. The van der Waals surface area contributed by atoms with Crippen LogP contribution in [-0.2, 0) is 4.79 Å². The highest BCUT2D eigenvalue weighted by molar-refractivity contribution is 7.21. The largest absolute Gasteiger partial charge is 0.495 e. The molecule has 1 aromatic heterocycles. The summed E-state index contributed by atoms with van der Waals surface area (Å²) >= 11 is 13.8. The molecule has 0 fully saturated rings. The van der Waals surface area contributed by atoms with Gasteiger partial charge in [-0.2, -0.15) is 0 Å². The number of halogens is 2. The predicted octanol–water partition coefficient (Wildman–Crippen LogP) is 6.93. The van der Waals surface area contributed by atoms with Crippen LogP contribution in [0.1, 0.15) is 5.56 Å². The molecular weight excluding hydrogens is 439 g/mol. The van der Waals surface area contributed by atoms with Crippen LogP contribution in [0.5, 0.6) is 5.75 Å². The summed E-state index contributed by atoms with van der Waals surface area (Å²) in [6.07, 6.45) is 3.03. The molecular formula is C23H16Cl2N2O2S. The molecule has 0 spiro atoms. The lowest BCUT2D eigenvalue weighted by Crippen LogP contribution is -2.08. The van der Waals surface area contributed by atoms with Gasteiger partial charge in [0.2, 0.25) is 5.91 Å². The third-order valence-corrected chi connectivity index (χ3v) is 5.93. The van der Waals surface area contributed by atoms with Gasteiger partial charge in [-0.1, -0.05) is 47.5 Å². The second-order valence-corrected chi connectivity index (χ2v) is 8.24. The van der Waals surface area contributed by atoms with Crippen LogP contribution in [-0.4, -0.2) is 18.0 Å². The average Bonchev–Trinajstić information content (AvgIpc) is 3.16. The van der Waals surface area contributed by atoms with Crippen molar-refractivity contribution >= 4 is 62.4 Å². The molecule has 150 valence electrons.